The number of rotatable bonds is 7. The second kappa shape index (κ2) is 8.22. The van der Waals surface area contributed by atoms with Gasteiger partial charge >= 0.3 is 0 Å². The molecule has 1 amide bonds. The Kier molecular flexibility index (Phi) is 6.54. The monoisotopic (exact) mass is 372 g/mol. The number of benzene rings is 1. The minimum Gasteiger partial charge on any atom is -0.495 e. The smallest absolute Gasteiger partial charge is 0.242 e. The van der Waals surface area contributed by atoms with Crippen molar-refractivity contribution in [2.45, 2.75) is 35.8 Å². The highest BCUT2D eigenvalue weighted by Crippen LogP contribution is 2.31. The van der Waals surface area contributed by atoms with E-state index in [9.17, 15) is 13.2 Å². The molecule has 2 rings (SSSR count). The van der Waals surface area contributed by atoms with Gasteiger partial charge in [0.2, 0.25) is 15.9 Å². The van der Waals surface area contributed by atoms with E-state index in [0.717, 1.165) is 17.1 Å². The summed E-state index contributed by atoms with van der Waals surface area (Å²) < 4.78 is 30.8. The fraction of sp³-hybridized carbons (Fsp3) is 0.562. The van der Waals surface area contributed by atoms with Crippen molar-refractivity contribution < 1.29 is 17.9 Å². The minimum atomic E-state index is -3.56. The van der Waals surface area contributed by atoms with E-state index >= 15 is 0 Å². The van der Waals surface area contributed by atoms with Crippen molar-refractivity contribution in [3.05, 3.63) is 18.2 Å². The molecule has 0 atom stereocenters. The van der Waals surface area contributed by atoms with E-state index in [1.54, 1.807) is 17.8 Å². The summed E-state index contributed by atoms with van der Waals surface area (Å²) in [5.74, 6) is 0.648. The second-order valence-electron chi connectivity index (χ2n) is 5.92. The van der Waals surface area contributed by atoms with Crippen molar-refractivity contribution in [1.82, 2.24) is 4.31 Å². The molecule has 0 aromatic heterocycles. The minimum absolute atomic E-state index is 0.118. The zero-order chi connectivity index (χ0) is 17.7. The quantitative estimate of drug-likeness (QED) is 0.796. The van der Waals surface area contributed by atoms with Gasteiger partial charge in [0.05, 0.1) is 23.4 Å². The van der Waals surface area contributed by atoms with Crippen molar-refractivity contribution in [2.24, 2.45) is 0 Å². The third kappa shape index (κ3) is 4.64. The van der Waals surface area contributed by atoms with Gasteiger partial charge in [-0.05, 0) is 31.0 Å². The predicted octanol–water partition coefficient (Wildman–Crippen LogP) is 2.56. The van der Waals surface area contributed by atoms with Gasteiger partial charge in [-0.1, -0.05) is 12.8 Å². The number of methoxy groups -OCH3 is 1. The van der Waals surface area contributed by atoms with Crippen molar-refractivity contribution in [3.63, 3.8) is 0 Å². The van der Waals surface area contributed by atoms with E-state index in [2.05, 4.69) is 5.32 Å². The van der Waals surface area contributed by atoms with Gasteiger partial charge in [-0.2, -0.15) is 0 Å². The molecule has 0 heterocycles. The number of amides is 1. The molecule has 0 radical (unpaired) electrons. The largest absolute Gasteiger partial charge is 0.495 e. The molecule has 1 saturated carbocycles. The lowest BCUT2D eigenvalue weighted by atomic mass is 10.3. The molecular weight excluding hydrogens is 348 g/mol. The fourth-order valence-electron chi connectivity index (χ4n) is 2.59. The molecule has 8 heteroatoms. The summed E-state index contributed by atoms with van der Waals surface area (Å²) in [6, 6.07) is 4.46. The molecule has 1 aliphatic carbocycles. The molecule has 0 aliphatic heterocycles. The van der Waals surface area contributed by atoms with E-state index in [-0.39, 0.29) is 10.8 Å². The molecule has 1 aromatic rings. The molecule has 0 saturated heterocycles. The third-order valence-electron chi connectivity index (χ3n) is 3.98. The van der Waals surface area contributed by atoms with E-state index in [1.807, 2.05) is 0 Å². The summed E-state index contributed by atoms with van der Waals surface area (Å²) in [5.41, 5.74) is 0.373. The van der Waals surface area contributed by atoms with Crippen LogP contribution < -0.4 is 10.1 Å². The fourth-order valence-corrected chi connectivity index (χ4v) is 4.65. The van der Waals surface area contributed by atoms with Gasteiger partial charge in [0.1, 0.15) is 5.75 Å². The number of nitrogens with zero attached hydrogens (tertiary/aromatic N) is 1. The Hall–Kier alpha value is -1.25. The maximum Gasteiger partial charge on any atom is 0.242 e. The van der Waals surface area contributed by atoms with Crippen LogP contribution in [-0.2, 0) is 14.8 Å². The van der Waals surface area contributed by atoms with Crippen LogP contribution in [-0.4, -0.2) is 50.8 Å². The lowest BCUT2D eigenvalue weighted by Gasteiger charge is -2.15. The molecule has 1 aromatic carbocycles. The van der Waals surface area contributed by atoms with E-state index < -0.39 is 10.0 Å². The van der Waals surface area contributed by atoms with Crippen LogP contribution in [0.2, 0.25) is 0 Å². The summed E-state index contributed by atoms with van der Waals surface area (Å²) >= 11 is 1.66. The van der Waals surface area contributed by atoms with Crippen molar-refractivity contribution in [3.8, 4) is 5.75 Å². The average molecular weight is 373 g/mol. The van der Waals surface area contributed by atoms with Crippen LogP contribution in [0, 0.1) is 0 Å². The number of ether oxygens (including phenoxy) is 1. The zero-order valence-electron chi connectivity index (χ0n) is 14.2. The van der Waals surface area contributed by atoms with E-state index in [4.69, 9.17) is 4.74 Å². The highest BCUT2D eigenvalue weighted by atomic mass is 32.2. The van der Waals surface area contributed by atoms with E-state index in [1.165, 1.54) is 46.2 Å². The highest BCUT2D eigenvalue weighted by molar-refractivity contribution is 8.00. The number of carbonyl (C=O) groups is 1. The molecule has 1 aliphatic rings. The lowest BCUT2D eigenvalue weighted by Crippen LogP contribution is -2.22. The summed E-state index contributed by atoms with van der Waals surface area (Å²) in [4.78, 5) is 12.3. The van der Waals surface area contributed by atoms with Crippen LogP contribution >= 0.6 is 11.8 Å². The average Bonchev–Trinajstić information content (AvgIpc) is 3.06. The van der Waals surface area contributed by atoms with Crippen molar-refractivity contribution in [2.75, 3.05) is 32.3 Å². The van der Waals surface area contributed by atoms with Crippen LogP contribution in [0.4, 0.5) is 5.69 Å². The third-order valence-corrected chi connectivity index (χ3v) is 7.16. The van der Waals surface area contributed by atoms with Gasteiger partial charge in [-0.3, -0.25) is 4.79 Å². The first-order valence-electron chi connectivity index (χ1n) is 7.86. The summed E-state index contributed by atoms with van der Waals surface area (Å²) in [7, 11) is 0.857. The van der Waals surface area contributed by atoms with Gasteiger partial charge in [0, 0.05) is 19.3 Å². The van der Waals surface area contributed by atoms with Gasteiger partial charge < -0.3 is 10.1 Å². The Balaban J connectivity index is 2.11. The summed E-state index contributed by atoms with van der Waals surface area (Å²) in [5, 5.41) is 3.32. The number of hydrogen-bond acceptors (Lipinski definition) is 5. The molecule has 134 valence electrons. The Labute approximate surface area is 148 Å². The van der Waals surface area contributed by atoms with Crippen LogP contribution in [0.5, 0.6) is 5.75 Å². The normalized spacial score (nSPS) is 15.7. The number of thioether (sulfide) groups is 1. The second-order valence-corrected chi connectivity index (χ2v) is 9.36. The van der Waals surface area contributed by atoms with Crippen molar-refractivity contribution >= 4 is 33.4 Å². The molecule has 1 N–H and O–H groups in total. The number of nitrogens with one attached hydrogen (secondary N) is 1. The number of hydrogen-bond donors (Lipinski definition) is 1. The first-order valence-corrected chi connectivity index (χ1v) is 10.4. The molecule has 0 unspecified atom stereocenters. The number of carbonyl (C=O) groups excluding carboxylic acids is 1. The Bertz CT molecular complexity index is 683. The molecule has 24 heavy (non-hydrogen) atoms. The van der Waals surface area contributed by atoms with Crippen LogP contribution in [0.15, 0.2) is 23.1 Å². The lowest BCUT2D eigenvalue weighted by molar-refractivity contribution is -0.113. The maximum absolute atomic E-state index is 12.2. The van der Waals surface area contributed by atoms with Gasteiger partial charge in [0.15, 0.2) is 0 Å². The SMILES string of the molecule is COc1ccc(S(=O)(=O)N(C)C)cc1NC(=O)CSC1CCCC1. The number of sulfonamides is 1. The molecule has 0 bridgehead atoms. The Morgan fingerprint density at radius 1 is 1.33 bits per heavy atom. The first kappa shape index (κ1) is 19.1. The van der Waals surface area contributed by atoms with Crippen LogP contribution in [0.3, 0.4) is 0 Å². The van der Waals surface area contributed by atoms with Gasteiger partial charge in [-0.25, -0.2) is 12.7 Å². The Morgan fingerprint density at radius 2 is 2.00 bits per heavy atom. The molecular formula is C16H24N2O4S2. The first-order chi connectivity index (χ1) is 11.3. The Morgan fingerprint density at radius 3 is 2.58 bits per heavy atom. The van der Waals surface area contributed by atoms with Crippen LogP contribution in [0.1, 0.15) is 25.7 Å². The standard InChI is InChI=1S/C16H24N2O4S2/c1-18(2)24(20,21)13-8-9-15(22-3)14(10-13)17-16(19)11-23-12-6-4-5-7-12/h8-10,12H,4-7,11H2,1-3H3,(H,17,19). The zero-order valence-corrected chi connectivity index (χ0v) is 15.9. The molecule has 1 fully saturated rings. The van der Waals surface area contributed by atoms with Crippen LogP contribution in [0.25, 0.3) is 0 Å². The molecule has 6 nitrogen and oxygen atoms in total. The van der Waals surface area contributed by atoms with Crippen molar-refractivity contribution in [1.29, 1.82) is 0 Å². The van der Waals surface area contributed by atoms with E-state index in [0.29, 0.717) is 22.4 Å². The predicted molar refractivity (Wildman–Crippen MR) is 97.2 cm³/mol. The molecule has 0 spiro atoms. The highest BCUT2D eigenvalue weighted by Gasteiger charge is 2.21. The summed E-state index contributed by atoms with van der Waals surface area (Å²) in [6.45, 7) is 0. The number of anilines is 1. The summed E-state index contributed by atoms with van der Waals surface area (Å²) in [6.07, 6.45) is 4.80. The van der Waals surface area contributed by atoms with Gasteiger partial charge in [0.25, 0.3) is 0 Å². The van der Waals surface area contributed by atoms with Gasteiger partial charge in [-0.15, -0.1) is 11.8 Å². The maximum atomic E-state index is 12.2. The topological polar surface area (TPSA) is 75.7 Å².